The average molecular weight is 404 g/mol. The summed E-state index contributed by atoms with van der Waals surface area (Å²) < 4.78 is 36.2. The minimum absolute atomic E-state index is 0.182. The van der Waals surface area contributed by atoms with E-state index in [1.165, 1.54) is 40.9 Å². The molecule has 1 saturated heterocycles. The fourth-order valence-corrected chi connectivity index (χ4v) is 4.22. The van der Waals surface area contributed by atoms with Crippen molar-refractivity contribution in [1.29, 1.82) is 0 Å². The van der Waals surface area contributed by atoms with Crippen LogP contribution in [0.2, 0.25) is 0 Å². The number of amides is 1. The van der Waals surface area contributed by atoms with E-state index in [1.54, 1.807) is 12.1 Å². The number of nitrogens with one attached hydrogen (secondary N) is 1. The van der Waals surface area contributed by atoms with Crippen LogP contribution in [0, 0.1) is 0 Å². The van der Waals surface area contributed by atoms with Crippen molar-refractivity contribution in [2.75, 3.05) is 25.0 Å². The zero-order valence-corrected chi connectivity index (χ0v) is 15.9. The molecule has 0 atom stereocenters. The fraction of sp³-hybridized carbons (Fsp3) is 0.263. The van der Waals surface area contributed by atoms with Gasteiger partial charge in [-0.3, -0.25) is 4.79 Å². The summed E-state index contributed by atoms with van der Waals surface area (Å²) in [6.07, 6.45) is 5.79. The predicted molar refractivity (Wildman–Crippen MR) is 102 cm³/mol. The summed E-state index contributed by atoms with van der Waals surface area (Å²) in [5.74, 6) is -0.723. The van der Waals surface area contributed by atoms with E-state index in [9.17, 15) is 18.0 Å². The van der Waals surface area contributed by atoms with E-state index in [-0.39, 0.29) is 4.90 Å². The van der Waals surface area contributed by atoms with Gasteiger partial charge in [0.25, 0.3) is 5.91 Å². The van der Waals surface area contributed by atoms with Gasteiger partial charge < -0.3 is 14.5 Å². The van der Waals surface area contributed by atoms with Crippen LogP contribution in [0.15, 0.2) is 58.1 Å². The summed E-state index contributed by atoms with van der Waals surface area (Å²) in [5.41, 5.74) is 0.410. The molecular formula is C19H20N2O6S. The minimum Gasteiger partial charge on any atom is -0.465 e. The molecule has 0 bridgehead atoms. The van der Waals surface area contributed by atoms with Gasteiger partial charge in [0.15, 0.2) is 6.61 Å². The Kier molecular flexibility index (Phi) is 6.27. The van der Waals surface area contributed by atoms with Gasteiger partial charge in [-0.15, -0.1) is 0 Å². The maximum atomic E-state index is 12.5. The van der Waals surface area contributed by atoms with Crippen molar-refractivity contribution in [2.45, 2.75) is 17.7 Å². The second-order valence-electron chi connectivity index (χ2n) is 6.14. The lowest BCUT2D eigenvalue weighted by atomic mass is 10.3. The number of anilines is 1. The number of hydrogen-bond donors (Lipinski definition) is 1. The molecule has 2 aromatic rings. The second-order valence-corrected chi connectivity index (χ2v) is 8.08. The Morgan fingerprint density at radius 3 is 2.50 bits per heavy atom. The van der Waals surface area contributed by atoms with Gasteiger partial charge in [-0.25, -0.2) is 13.2 Å². The van der Waals surface area contributed by atoms with E-state index in [0.29, 0.717) is 24.5 Å². The number of furan rings is 1. The van der Waals surface area contributed by atoms with Crippen molar-refractivity contribution < 1.29 is 27.2 Å². The van der Waals surface area contributed by atoms with Gasteiger partial charge in [-0.05, 0) is 55.3 Å². The van der Waals surface area contributed by atoms with E-state index in [1.807, 2.05) is 0 Å². The Hall–Kier alpha value is -2.91. The fourth-order valence-electron chi connectivity index (χ4n) is 2.71. The van der Waals surface area contributed by atoms with Crippen LogP contribution in [0.1, 0.15) is 18.6 Å². The van der Waals surface area contributed by atoms with Gasteiger partial charge in [0, 0.05) is 24.9 Å². The molecule has 0 unspecified atom stereocenters. The van der Waals surface area contributed by atoms with Gasteiger partial charge in [0.1, 0.15) is 5.76 Å². The van der Waals surface area contributed by atoms with Crippen LogP contribution in [-0.4, -0.2) is 44.3 Å². The predicted octanol–water partition coefficient (Wildman–Crippen LogP) is 2.26. The molecule has 1 aliphatic rings. The van der Waals surface area contributed by atoms with E-state index >= 15 is 0 Å². The topological polar surface area (TPSA) is 106 Å². The van der Waals surface area contributed by atoms with E-state index in [2.05, 4.69) is 5.32 Å². The number of ether oxygens (including phenoxy) is 1. The highest BCUT2D eigenvalue weighted by atomic mass is 32.2. The molecule has 9 heteroatoms. The first-order valence-corrected chi connectivity index (χ1v) is 10.2. The summed E-state index contributed by atoms with van der Waals surface area (Å²) in [6.45, 7) is 0.594. The Morgan fingerprint density at radius 2 is 1.86 bits per heavy atom. The Morgan fingerprint density at radius 1 is 1.14 bits per heavy atom. The lowest BCUT2D eigenvalue weighted by Crippen LogP contribution is -2.27. The van der Waals surface area contributed by atoms with Crippen LogP contribution in [0.5, 0.6) is 0 Å². The summed E-state index contributed by atoms with van der Waals surface area (Å²) >= 11 is 0. The van der Waals surface area contributed by atoms with Crippen molar-refractivity contribution in [2.24, 2.45) is 0 Å². The van der Waals surface area contributed by atoms with Crippen LogP contribution in [0.3, 0.4) is 0 Å². The third-order valence-electron chi connectivity index (χ3n) is 4.11. The van der Waals surface area contributed by atoms with Gasteiger partial charge >= 0.3 is 5.97 Å². The average Bonchev–Trinajstić information content (AvgIpc) is 3.39. The van der Waals surface area contributed by atoms with Crippen LogP contribution < -0.4 is 5.32 Å². The van der Waals surface area contributed by atoms with Crippen LogP contribution in [-0.2, 0) is 24.3 Å². The van der Waals surface area contributed by atoms with Crippen molar-refractivity contribution in [1.82, 2.24) is 4.31 Å². The highest BCUT2D eigenvalue weighted by molar-refractivity contribution is 7.89. The number of carbonyl (C=O) groups excluding carboxylic acids is 2. The highest BCUT2D eigenvalue weighted by Crippen LogP contribution is 2.22. The molecule has 1 aromatic carbocycles. The van der Waals surface area contributed by atoms with Crippen LogP contribution in [0.25, 0.3) is 6.08 Å². The van der Waals surface area contributed by atoms with Crippen molar-refractivity contribution in [3.8, 4) is 0 Å². The first-order valence-electron chi connectivity index (χ1n) is 8.73. The SMILES string of the molecule is O=C(COC(=O)/C=C/c1ccco1)Nc1ccc(S(=O)(=O)N2CCCC2)cc1. The number of hydrogen-bond acceptors (Lipinski definition) is 6. The molecule has 0 aliphatic carbocycles. The van der Waals surface area contributed by atoms with Crippen LogP contribution in [0.4, 0.5) is 5.69 Å². The van der Waals surface area contributed by atoms with Crippen molar-refractivity contribution in [3.63, 3.8) is 0 Å². The van der Waals surface area contributed by atoms with Crippen LogP contribution >= 0.6 is 0 Å². The van der Waals surface area contributed by atoms with Gasteiger partial charge in [0.05, 0.1) is 11.2 Å². The molecule has 0 radical (unpaired) electrons. The lowest BCUT2D eigenvalue weighted by molar-refractivity contribution is -0.142. The molecule has 3 rings (SSSR count). The molecule has 148 valence electrons. The molecule has 2 heterocycles. The van der Waals surface area contributed by atoms with E-state index in [4.69, 9.17) is 9.15 Å². The van der Waals surface area contributed by atoms with E-state index in [0.717, 1.165) is 18.9 Å². The van der Waals surface area contributed by atoms with Gasteiger partial charge in [0.2, 0.25) is 10.0 Å². The zero-order valence-electron chi connectivity index (χ0n) is 15.0. The first-order chi connectivity index (χ1) is 13.4. The molecule has 0 saturated carbocycles. The Labute approximate surface area is 162 Å². The monoisotopic (exact) mass is 404 g/mol. The van der Waals surface area contributed by atoms with E-state index < -0.39 is 28.5 Å². The summed E-state index contributed by atoms with van der Waals surface area (Å²) in [5, 5.41) is 2.55. The number of esters is 1. The Balaban J connectivity index is 1.49. The first kappa shape index (κ1) is 19.8. The summed E-state index contributed by atoms with van der Waals surface area (Å²) in [6, 6.07) is 9.24. The third kappa shape index (κ3) is 5.08. The molecule has 1 N–H and O–H groups in total. The highest BCUT2D eigenvalue weighted by Gasteiger charge is 2.26. The molecule has 8 nitrogen and oxygen atoms in total. The quantitative estimate of drug-likeness (QED) is 0.560. The number of rotatable bonds is 7. The summed E-state index contributed by atoms with van der Waals surface area (Å²) in [4.78, 5) is 23.6. The normalized spacial score (nSPS) is 15.0. The zero-order chi connectivity index (χ0) is 20.0. The standard InChI is InChI=1S/C19H20N2O6S/c22-18(14-27-19(23)10-7-16-4-3-13-26-16)20-15-5-8-17(9-6-15)28(24,25)21-11-1-2-12-21/h3-10,13H,1-2,11-12,14H2,(H,20,22)/b10-7+. The molecular weight excluding hydrogens is 384 g/mol. The maximum Gasteiger partial charge on any atom is 0.331 e. The molecule has 0 spiro atoms. The van der Waals surface area contributed by atoms with Crippen molar-refractivity contribution in [3.05, 3.63) is 54.5 Å². The number of nitrogens with zero attached hydrogens (tertiary/aromatic N) is 1. The lowest BCUT2D eigenvalue weighted by Gasteiger charge is -2.15. The van der Waals surface area contributed by atoms with Crippen molar-refractivity contribution >= 4 is 33.7 Å². The van der Waals surface area contributed by atoms with Gasteiger partial charge in [-0.1, -0.05) is 0 Å². The Bertz CT molecular complexity index is 943. The molecule has 28 heavy (non-hydrogen) atoms. The number of sulfonamides is 1. The van der Waals surface area contributed by atoms with Gasteiger partial charge in [-0.2, -0.15) is 4.31 Å². The number of carbonyl (C=O) groups is 2. The molecule has 1 amide bonds. The minimum atomic E-state index is -3.49. The summed E-state index contributed by atoms with van der Waals surface area (Å²) in [7, 11) is -3.49. The molecule has 1 aliphatic heterocycles. The second kappa shape index (κ2) is 8.85. The maximum absolute atomic E-state index is 12.5. The smallest absolute Gasteiger partial charge is 0.331 e. The third-order valence-corrected chi connectivity index (χ3v) is 6.03. The largest absolute Gasteiger partial charge is 0.465 e. The molecule has 1 aromatic heterocycles. The number of benzene rings is 1. The molecule has 1 fully saturated rings.